The van der Waals surface area contributed by atoms with Gasteiger partial charge in [0.2, 0.25) is 0 Å². The maximum Gasteiger partial charge on any atom is 0.106 e. The zero-order chi connectivity index (χ0) is 10.6. The quantitative estimate of drug-likeness (QED) is 0.675. The number of alkyl halides is 1. The second-order valence-corrected chi connectivity index (χ2v) is 4.37. The molecule has 0 spiro atoms. The third-order valence-corrected chi connectivity index (χ3v) is 3.10. The fraction of sp³-hybridized carbons (Fsp3) is 0.556. The van der Waals surface area contributed by atoms with E-state index in [0.717, 1.165) is 4.88 Å². The number of rotatable bonds is 5. The van der Waals surface area contributed by atoms with Gasteiger partial charge in [-0.05, 0) is 23.4 Å². The second-order valence-electron chi connectivity index (χ2n) is 2.99. The first kappa shape index (κ1) is 11.9. The lowest BCUT2D eigenvalue weighted by Crippen LogP contribution is -2.18. The fourth-order valence-corrected chi connectivity index (χ4v) is 2.12. The van der Waals surface area contributed by atoms with Crippen molar-refractivity contribution in [2.45, 2.75) is 25.2 Å². The zero-order valence-electron chi connectivity index (χ0n) is 7.56. The highest BCUT2D eigenvalue weighted by molar-refractivity contribution is 7.10. The van der Waals surface area contributed by atoms with Crippen molar-refractivity contribution in [3.05, 3.63) is 21.9 Å². The standard InChI is InChI=1S/C9H13ClO3S/c10-2-1-8(12)9(13)6-3-7(4-11)14-5-6/h3,5,8-9,11-13H,1-2,4H2. The van der Waals surface area contributed by atoms with E-state index in [0.29, 0.717) is 17.9 Å². The van der Waals surface area contributed by atoms with Crippen LogP contribution in [0.4, 0.5) is 0 Å². The van der Waals surface area contributed by atoms with Crippen LogP contribution in [0.1, 0.15) is 23.0 Å². The highest BCUT2D eigenvalue weighted by Crippen LogP contribution is 2.24. The third kappa shape index (κ3) is 2.93. The van der Waals surface area contributed by atoms with Crippen molar-refractivity contribution in [2.75, 3.05) is 5.88 Å². The Labute approximate surface area is 91.6 Å². The minimum absolute atomic E-state index is 0.0387. The minimum Gasteiger partial charge on any atom is -0.391 e. The minimum atomic E-state index is -0.912. The molecular formula is C9H13ClO3S. The van der Waals surface area contributed by atoms with Gasteiger partial charge < -0.3 is 15.3 Å². The molecule has 3 N–H and O–H groups in total. The van der Waals surface area contributed by atoms with Gasteiger partial charge in [0.15, 0.2) is 0 Å². The number of halogens is 1. The van der Waals surface area contributed by atoms with Crippen LogP contribution in [-0.2, 0) is 6.61 Å². The Balaban J connectivity index is 2.63. The summed E-state index contributed by atoms with van der Waals surface area (Å²) < 4.78 is 0. The Morgan fingerprint density at radius 1 is 1.43 bits per heavy atom. The van der Waals surface area contributed by atoms with Crippen molar-refractivity contribution in [1.82, 2.24) is 0 Å². The van der Waals surface area contributed by atoms with Crippen LogP contribution in [-0.4, -0.2) is 27.3 Å². The van der Waals surface area contributed by atoms with E-state index in [2.05, 4.69) is 0 Å². The van der Waals surface area contributed by atoms with Crippen molar-refractivity contribution >= 4 is 22.9 Å². The summed E-state index contributed by atoms with van der Waals surface area (Å²) in [5.41, 5.74) is 0.636. The Morgan fingerprint density at radius 3 is 2.64 bits per heavy atom. The first-order valence-corrected chi connectivity index (χ1v) is 5.70. The molecule has 14 heavy (non-hydrogen) atoms. The van der Waals surface area contributed by atoms with E-state index in [-0.39, 0.29) is 6.61 Å². The normalized spacial score (nSPS) is 15.4. The summed E-state index contributed by atoms with van der Waals surface area (Å²) in [4.78, 5) is 0.775. The highest BCUT2D eigenvalue weighted by Gasteiger charge is 2.18. The molecule has 0 bridgehead atoms. The van der Waals surface area contributed by atoms with E-state index in [1.165, 1.54) is 11.3 Å². The first-order valence-electron chi connectivity index (χ1n) is 4.29. The molecule has 0 amide bonds. The van der Waals surface area contributed by atoms with Gasteiger partial charge in [0, 0.05) is 10.8 Å². The average molecular weight is 237 g/mol. The predicted molar refractivity (Wildman–Crippen MR) is 56.5 cm³/mol. The van der Waals surface area contributed by atoms with E-state index >= 15 is 0 Å². The van der Waals surface area contributed by atoms with Crippen molar-refractivity contribution in [1.29, 1.82) is 0 Å². The molecule has 0 saturated carbocycles. The maximum atomic E-state index is 9.65. The van der Waals surface area contributed by atoms with Crippen LogP contribution in [0.3, 0.4) is 0 Å². The Kier molecular flexibility index (Phi) is 4.84. The molecule has 2 unspecified atom stereocenters. The molecule has 80 valence electrons. The highest BCUT2D eigenvalue weighted by atomic mass is 35.5. The molecule has 2 atom stereocenters. The molecular weight excluding hydrogens is 224 g/mol. The molecule has 0 radical (unpaired) electrons. The summed E-state index contributed by atoms with van der Waals surface area (Å²) >= 11 is 6.81. The smallest absolute Gasteiger partial charge is 0.106 e. The Morgan fingerprint density at radius 2 is 2.14 bits per heavy atom. The van der Waals surface area contributed by atoms with Crippen molar-refractivity contribution < 1.29 is 15.3 Å². The molecule has 0 aliphatic carbocycles. The number of thiophene rings is 1. The number of hydrogen-bond donors (Lipinski definition) is 3. The molecule has 5 heteroatoms. The molecule has 1 aromatic rings. The Bertz CT molecular complexity index is 277. The topological polar surface area (TPSA) is 60.7 Å². The van der Waals surface area contributed by atoms with Gasteiger partial charge in [0.05, 0.1) is 12.7 Å². The maximum absolute atomic E-state index is 9.65. The zero-order valence-corrected chi connectivity index (χ0v) is 9.13. The molecule has 0 aromatic carbocycles. The van der Waals surface area contributed by atoms with Gasteiger partial charge in [-0.3, -0.25) is 0 Å². The van der Waals surface area contributed by atoms with Gasteiger partial charge >= 0.3 is 0 Å². The van der Waals surface area contributed by atoms with Crippen LogP contribution in [0.2, 0.25) is 0 Å². The number of hydrogen-bond acceptors (Lipinski definition) is 4. The lowest BCUT2D eigenvalue weighted by molar-refractivity contribution is 0.0172. The number of aliphatic hydroxyl groups is 3. The van der Waals surface area contributed by atoms with Crippen LogP contribution in [0.25, 0.3) is 0 Å². The lowest BCUT2D eigenvalue weighted by Gasteiger charge is -2.15. The summed E-state index contributed by atoms with van der Waals surface area (Å²) in [6, 6.07) is 1.69. The van der Waals surface area contributed by atoms with Gasteiger partial charge in [-0.15, -0.1) is 22.9 Å². The lowest BCUT2D eigenvalue weighted by atomic mass is 10.1. The summed E-state index contributed by atoms with van der Waals surface area (Å²) in [5, 5.41) is 29.7. The average Bonchev–Trinajstić information content (AvgIpc) is 2.65. The Hall–Kier alpha value is -0.130. The summed E-state index contributed by atoms with van der Waals surface area (Å²) in [6.07, 6.45) is -1.40. The number of aliphatic hydroxyl groups excluding tert-OH is 3. The van der Waals surface area contributed by atoms with Crippen LogP contribution in [0, 0.1) is 0 Å². The summed E-state index contributed by atoms with van der Waals surface area (Å²) in [7, 11) is 0. The SMILES string of the molecule is OCc1cc(C(O)C(O)CCCl)cs1. The molecule has 0 aliphatic rings. The second kappa shape index (κ2) is 5.68. The van der Waals surface area contributed by atoms with E-state index in [1.807, 2.05) is 0 Å². The third-order valence-electron chi connectivity index (χ3n) is 1.94. The summed E-state index contributed by atoms with van der Waals surface area (Å²) in [5.74, 6) is 0.315. The van der Waals surface area contributed by atoms with Gasteiger partial charge in [0.25, 0.3) is 0 Å². The van der Waals surface area contributed by atoms with Gasteiger partial charge in [-0.1, -0.05) is 0 Å². The van der Waals surface area contributed by atoms with Crippen LogP contribution in [0.15, 0.2) is 11.4 Å². The molecule has 3 nitrogen and oxygen atoms in total. The first-order chi connectivity index (χ1) is 6.69. The molecule has 0 aliphatic heterocycles. The molecule has 0 saturated heterocycles. The van der Waals surface area contributed by atoms with Gasteiger partial charge in [-0.2, -0.15) is 0 Å². The molecule has 1 heterocycles. The van der Waals surface area contributed by atoms with Crippen molar-refractivity contribution in [2.24, 2.45) is 0 Å². The largest absolute Gasteiger partial charge is 0.391 e. The molecule has 1 rings (SSSR count). The fourth-order valence-electron chi connectivity index (χ4n) is 1.13. The molecule has 0 fully saturated rings. The van der Waals surface area contributed by atoms with E-state index in [1.54, 1.807) is 11.4 Å². The summed E-state index contributed by atoms with van der Waals surface area (Å²) in [6.45, 7) is -0.0387. The predicted octanol–water partition coefficient (Wildman–Crippen LogP) is 1.26. The monoisotopic (exact) mass is 236 g/mol. The van der Waals surface area contributed by atoms with Crippen molar-refractivity contribution in [3.63, 3.8) is 0 Å². The molecule has 1 aromatic heterocycles. The van der Waals surface area contributed by atoms with E-state index in [9.17, 15) is 10.2 Å². The van der Waals surface area contributed by atoms with E-state index in [4.69, 9.17) is 16.7 Å². The van der Waals surface area contributed by atoms with Crippen LogP contribution < -0.4 is 0 Å². The van der Waals surface area contributed by atoms with Gasteiger partial charge in [0.1, 0.15) is 6.10 Å². The van der Waals surface area contributed by atoms with Crippen molar-refractivity contribution in [3.8, 4) is 0 Å². The van der Waals surface area contributed by atoms with Crippen LogP contribution in [0.5, 0.6) is 0 Å². The van der Waals surface area contributed by atoms with Gasteiger partial charge in [-0.25, -0.2) is 0 Å². The van der Waals surface area contributed by atoms with E-state index < -0.39 is 12.2 Å². The van der Waals surface area contributed by atoms with Crippen LogP contribution >= 0.6 is 22.9 Å².